The molecule has 8 nitrogen and oxygen atoms in total. The van der Waals surface area contributed by atoms with Crippen molar-refractivity contribution in [1.82, 2.24) is 24.7 Å². The number of hydrogen-bond donors (Lipinski definition) is 2. The van der Waals surface area contributed by atoms with Crippen LogP contribution in [0.5, 0.6) is 0 Å². The first-order valence-corrected chi connectivity index (χ1v) is 11.9. The molecule has 1 aromatic carbocycles. The van der Waals surface area contributed by atoms with Gasteiger partial charge in [0, 0.05) is 31.2 Å². The Morgan fingerprint density at radius 3 is 2.40 bits per heavy atom. The summed E-state index contributed by atoms with van der Waals surface area (Å²) in [4.78, 5) is 32.0. The number of rotatable bonds is 5. The Morgan fingerprint density at radius 1 is 1.00 bits per heavy atom. The van der Waals surface area contributed by atoms with Crippen molar-refractivity contribution < 1.29 is 30.7 Å². The molecule has 3 aromatic heterocycles. The number of anilines is 1. The molecule has 5 rings (SSSR count). The van der Waals surface area contributed by atoms with Crippen molar-refractivity contribution in [2.24, 2.45) is 5.92 Å². The van der Waals surface area contributed by atoms with Gasteiger partial charge in [0.25, 0.3) is 11.1 Å². The van der Waals surface area contributed by atoms with E-state index in [-0.39, 0.29) is 29.2 Å². The summed E-state index contributed by atoms with van der Waals surface area (Å²) in [7, 11) is 0. The Hall–Kier alpha value is -4.30. The fourth-order valence-electron chi connectivity index (χ4n) is 4.89. The smallest absolute Gasteiger partial charge is 0.380 e. The van der Waals surface area contributed by atoms with Crippen molar-refractivity contribution in [1.29, 1.82) is 0 Å². The first-order chi connectivity index (χ1) is 18.8. The van der Waals surface area contributed by atoms with E-state index in [1.54, 1.807) is 11.2 Å². The zero-order valence-corrected chi connectivity index (χ0v) is 20.3. The number of alkyl halides is 6. The maximum Gasteiger partial charge on any atom is 0.423 e. The van der Waals surface area contributed by atoms with E-state index in [0.717, 1.165) is 12.3 Å². The molecule has 2 atom stereocenters. The maximum atomic E-state index is 14.9. The van der Waals surface area contributed by atoms with E-state index in [4.69, 9.17) is 0 Å². The summed E-state index contributed by atoms with van der Waals surface area (Å²) >= 11 is 0. The molecule has 3 heterocycles. The fraction of sp³-hybridized carbons (Fsp3) is 0.320. The molecule has 210 valence electrons. The number of H-pyrrole nitrogens is 1. The molecule has 0 spiro atoms. The van der Waals surface area contributed by atoms with E-state index in [1.165, 1.54) is 16.8 Å². The van der Waals surface area contributed by atoms with Crippen LogP contribution < -0.4 is 16.4 Å². The van der Waals surface area contributed by atoms with E-state index < -0.39 is 52.1 Å². The number of halogens is 7. The van der Waals surface area contributed by atoms with Crippen molar-refractivity contribution in [3.8, 4) is 11.4 Å². The SMILES string of the molecule is O=c1[nH]ncc(N[C@@H]2CC[C@H](Cn3ccc4cc(-c5ncc(C(F)(F)F)cn5)c(F)cc4c3=O)C2)c1C(F)(F)F. The third-order valence-electron chi connectivity index (χ3n) is 6.78. The average molecular weight is 568 g/mol. The van der Waals surface area contributed by atoms with Gasteiger partial charge >= 0.3 is 12.4 Å². The number of nitrogens with zero attached hydrogens (tertiary/aromatic N) is 4. The molecular weight excluding hydrogens is 549 g/mol. The standard InChI is InChI=1S/C25H19F7N6O2/c26-18-7-16-13(6-17(18)21-33-8-14(9-34-21)24(27,28)29)3-4-38(23(16)40)11-12-1-2-15(5-12)36-19-10-35-37-22(39)20(19)25(30,31)32/h3-4,6-10,12,15H,1-2,5,11H2,(H2,36,37,39)/t12-,15+/m0/s1. The van der Waals surface area contributed by atoms with Gasteiger partial charge in [-0.25, -0.2) is 19.5 Å². The fourth-order valence-corrected chi connectivity index (χ4v) is 4.89. The zero-order chi connectivity index (χ0) is 28.8. The number of nitrogens with one attached hydrogen (secondary N) is 2. The van der Waals surface area contributed by atoms with Gasteiger partial charge in [-0.15, -0.1) is 0 Å². The van der Waals surface area contributed by atoms with Crippen LogP contribution in [0.1, 0.15) is 30.4 Å². The van der Waals surface area contributed by atoms with Crippen LogP contribution in [0.2, 0.25) is 0 Å². The molecule has 0 aliphatic heterocycles. The Labute approximate surface area is 219 Å². The first kappa shape index (κ1) is 27.3. The lowest BCUT2D eigenvalue weighted by Crippen LogP contribution is -2.28. The number of hydrogen-bond acceptors (Lipinski definition) is 6. The van der Waals surface area contributed by atoms with Gasteiger partial charge in [0.15, 0.2) is 5.82 Å². The van der Waals surface area contributed by atoms with Gasteiger partial charge in [-0.2, -0.15) is 31.4 Å². The van der Waals surface area contributed by atoms with Crippen LogP contribution in [0.15, 0.2) is 52.6 Å². The number of pyridine rings is 1. The van der Waals surface area contributed by atoms with Crippen LogP contribution in [-0.4, -0.2) is 30.8 Å². The molecule has 1 aliphatic rings. The molecule has 15 heteroatoms. The summed E-state index contributed by atoms with van der Waals surface area (Å²) in [6, 6.07) is 3.41. The molecule has 2 N–H and O–H groups in total. The van der Waals surface area contributed by atoms with Crippen LogP contribution in [0.3, 0.4) is 0 Å². The molecule has 0 radical (unpaired) electrons. The summed E-state index contributed by atoms with van der Waals surface area (Å²) in [6.07, 6.45) is -4.55. The van der Waals surface area contributed by atoms with Crippen LogP contribution in [0, 0.1) is 11.7 Å². The second-order valence-electron chi connectivity index (χ2n) is 9.49. The van der Waals surface area contributed by atoms with Crippen molar-refractivity contribution in [2.45, 2.75) is 44.2 Å². The lowest BCUT2D eigenvalue weighted by Gasteiger charge is -2.18. The maximum absolute atomic E-state index is 14.9. The Bertz CT molecular complexity index is 1680. The number of fused-ring (bicyclic) bond motifs is 1. The van der Waals surface area contributed by atoms with Gasteiger partial charge in [0.05, 0.1) is 28.4 Å². The Balaban J connectivity index is 1.33. The molecule has 1 aliphatic carbocycles. The van der Waals surface area contributed by atoms with Crippen LogP contribution >= 0.6 is 0 Å². The van der Waals surface area contributed by atoms with E-state index in [2.05, 4.69) is 20.4 Å². The minimum absolute atomic E-state index is 0.0349. The summed E-state index contributed by atoms with van der Waals surface area (Å²) in [5.74, 6) is -1.26. The topological polar surface area (TPSA) is 106 Å². The van der Waals surface area contributed by atoms with E-state index >= 15 is 0 Å². The average Bonchev–Trinajstić information content (AvgIpc) is 3.31. The van der Waals surface area contributed by atoms with Crippen LogP contribution in [-0.2, 0) is 18.9 Å². The van der Waals surface area contributed by atoms with Gasteiger partial charge in [-0.3, -0.25) is 9.59 Å². The molecule has 0 saturated heterocycles. The molecule has 0 unspecified atom stereocenters. The van der Waals surface area contributed by atoms with Crippen LogP contribution in [0.25, 0.3) is 22.2 Å². The number of benzene rings is 1. The lowest BCUT2D eigenvalue weighted by molar-refractivity contribution is -0.139. The highest BCUT2D eigenvalue weighted by molar-refractivity contribution is 5.86. The van der Waals surface area contributed by atoms with E-state index in [1.807, 2.05) is 0 Å². The molecule has 1 saturated carbocycles. The molecular formula is C25H19F7N6O2. The molecule has 4 aromatic rings. The predicted octanol–water partition coefficient (Wildman–Crippen LogP) is 5.00. The number of aromatic amines is 1. The van der Waals surface area contributed by atoms with E-state index in [0.29, 0.717) is 37.0 Å². The predicted molar refractivity (Wildman–Crippen MR) is 129 cm³/mol. The zero-order valence-electron chi connectivity index (χ0n) is 20.3. The minimum Gasteiger partial charge on any atom is -0.380 e. The summed E-state index contributed by atoms with van der Waals surface area (Å²) in [5.41, 5.74) is -4.90. The monoisotopic (exact) mass is 568 g/mol. The molecule has 0 amide bonds. The van der Waals surface area contributed by atoms with E-state index in [9.17, 15) is 40.3 Å². The highest BCUT2D eigenvalue weighted by atomic mass is 19.4. The van der Waals surface area contributed by atoms with Gasteiger partial charge < -0.3 is 9.88 Å². The highest BCUT2D eigenvalue weighted by Gasteiger charge is 2.38. The van der Waals surface area contributed by atoms with Crippen molar-refractivity contribution in [2.75, 3.05) is 5.32 Å². The van der Waals surface area contributed by atoms with Gasteiger partial charge in [-0.1, -0.05) is 0 Å². The first-order valence-electron chi connectivity index (χ1n) is 11.9. The van der Waals surface area contributed by atoms with Gasteiger partial charge in [0.1, 0.15) is 11.4 Å². The molecule has 40 heavy (non-hydrogen) atoms. The van der Waals surface area contributed by atoms with Crippen molar-refractivity contribution in [3.63, 3.8) is 0 Å². The second-order valence-corrected chi connectivity index (χ2v) is 9.49. The summed E-state index contributed by atoms with van der Waals surface area (Å²) < 4.78 is 94.6. The van der Waals surface area contributed by atoms with Gasteiger partial charge in [0.2, 0.25) is 0 Å². The molecule has 1 fully saturated rings. The highest BCUT2D eigenvalue weighted by Crippen LogP contribution is 2.35. The second kappa shape index (κ2) is 10.0. The Kier molecular flexibility index (Phi) is 6.84. The quantitative estimate of drug-likeness (QED) is 0.329. The Morgan fingerprint density at radius 2 is 1.73 bits per heavy atom. The van der Waals surface area contributed by atoms with Crippen LogP contribution in [0.4, 0.5) is 36.4 Å². The number of aromatic nitrogens is 5. The molecule has 0 bridgehead atoms. The van der Waals surface area contributed by atoms with Crippen molar-refractivity contribution in [3.05, 3.63) is 80.6 Å². The van der Waals surface area contributed by atoms with Gasteiger partial charge in [-0.05, 0) is 48.8 Å². The van der Waals surface area contributed by atoms with Crippen molar-refractivity contribution >= 4 is 16.5 Å². The summed E-state index contributed by atoms with van der Waals surface area (Å²) in [6.45, 7) is 0.220. The lowest BCUT2D eigenvalue weighted by atomic mass is 10.1. The largest absolute Gasteiger partial charge is 0.423 e. The normalized spacial score (nSPS) is 17.9. The summed E-state index contributed by atoms with van der Waals surface area (Å²) in [5, 5.41) is 8.33. The third kappa shape index (κ3) is 5.40. The minimum atomic E-state index is -4.87. The third-order valence-corrected chi connectivity index (χ3v) is 6.78.